The zero-order valence-electron chi connectivity index (χ0n) is 7.22. The zero-order chi connectivity index (χ0) is 8.85. The Kier molecular flexibility index (Phi) is 4.81. The fraction of sp³-hybridized carbons (Fsp3) is 0.857. The van der Waals surface area contributed by atoms with Crippen LogP contribution >= 0.6 is 0 Å². The number of hydrazine groups is 1. The summed E-state index contributed by atoms with van der Waals surface area (Å²) >= 11 is 0. The summed E-state index contributed by atoms with van der Waals surface area (Å²) in [6, 6.07) is -0.486. The Morgan fingerprint density at radius 2 is 2.09 bits per heavy atom. The molecule has 0 aromatic heterocycles. The number of hydrogen-bond donors (Lipinski definition) is 3. The van der Waals surface area contributed by atoms with Gasteiger partial charge in [0.1, 0.15) is 6.04 Å². The molecule has 0 amide bonds. The van der Waals surface area contributed by atoms with E-state index in [1.807, 2.05) is 13.8 Å². The minimum Gasteiger partial charge on any atom is -0.480 e. The summed E-state index contributed by atoms with van der Waals surface area (Å²) in [5, 5.41) is 8.65. The first-order valence-corrected chi connectivity index (χ1v) is 3.73. The van der Waals surface area contributed by atoms with Gasteiger partial charge in [-0.1, -0.05) is 13.8 Å². The van der Waals surface area contributed by atoms with E-state index in [4.69, 9.17) is 5.11 Å². The monoisotopic (exact) mass is 160 g/mol. The number of carbonyl (C=O) groups is 1. The van der Waals surface area contributed by atoms with Crippen molar-refractivity contribution in [2.45, 2.75) is 26.3 Å². The molecule has 0 unspecified atom stereocenters. The Balaban J connectivity index is 3.79. The van der Waals surface area contributed by atoms with Gasteiger partial charge in [0.2, 0.25) is 0 Å². The summed E-state index contributed by atoms with van der Waals surface area (Å²) in [6.07, 6.45) is 0.635. The van der Waals surface area contributed by atoms with Crippen LogP contribution in [0.15, 0.2) is 0 Å². The van der Waals surface area contributed by atoms with Crippen LogP contribution in [0.25, 0.3) is 0 Å². The van der Waals surface area contributed by atoms with E-state index in [-0.39, 0.29) is 0 Å². The Morgan fingerprint density at radius 3 is 2.36 bits per heavy atom. The number of carboxylic acids is 1. The van der Waals surface area contributed by atoms with Crippen molar-refractivity contribution in [3.8, 4) is 0 Å². The third-order valence-corrected chi connectivity index (χ3v) is 1.32. The molecule has 0 aromatic rings. The topological polar surface area (TPSA) is 61.4 Å². The van der Waals surface area contributed by atoms with Crippen LogP contribution in [0.2, 0.25) is 0 Å². The molecular weight excluding hydrogens is 144 g/mol. The highest BCUT2D eigenvalue weighted by atomic mass is 16.4. The molecule has 3 N–H and O–H groups in total. The van der Waals surface area contributed by atoms with Gasteiger partial charge in [-0.05, 0) is 19.4 Å². The molecular formula is C7H16N2O2. The summed E-state index contributed by atoms with van der Waals surface area (Å²) in [6.45, 7) is 3.99. The Morgan fingerprint density at radius 1 is 1.55 bits per heavy atom. The second kappa shape index (κ2) is 5.09. The molecule has 0 aliphatic heterocycles. The van der Waals surface area contributed by atoms with Crippen molar-refractivity contribution in [2.75, 3.05) is 7.05 Å². The SMILES string of the molecule is CNN[C@@H](CC(C)C)C(=O)O. The molecule has 1 atom stereocenters. The van der Waals surface area contributed by atoms with Crippen molar-refractivity contribution in [1.29, 1.82) is 0 Å². The Labute approximate surface area is 67.0 Å². The Bertz CT molecular complexity index is 126. The van der Waals surface area contributed by atoms with Crippen molar-refractivity contribution < 1.29 is 9.90 Å². The normalized spacial score (nSPS) is 13.5. The number of rotatable bonds is 5. The van der Waals surface area contributed by atoms with Gasteiger partial charge in [0.25, 0.3) is 0 Å². The average molecular weight is 160 g/mol. The maximum atomic E-state index is 10.5. The quantitative estimate of drug-likeness (QED) is 0.503. The van der Waals surface area contributed by atoms with Crippen LogP contribution < -0.4 is 10.9 Å². The Hall–Kier alpha value is -0.610. The van der Waals surface area contributed by atoms with Crippen molar-refractivity contribution in [2.24, 2.45) is 5.92 Å². The lowest BCUT2D eigenvalue weighted by Gasteiger charge is -2.14. The standard InChI is InChI=1S/C7H16N2O2/c1-5(2)4-6(7(10)11)9-8-3/h5-6,8-9H,4H2,1-3H3,(H,10,11)/t6-/m0/s1. The molecule has 0 bridgehead atoms. The molecule has 0 saturated carbocycles. The summed E-state index contributed by atoms with van der Waals surface area (Å²) in [7, 11) is 1.66. The predicted molar refractivity (Wildman–Crippen MR) is 43.1 cm³/mol. The second-order valence-corrected chi connectivity index (χ2v) is 2.91. The molecule has 0 fully saturated rings. The molecule has 0 saturated heterocycles. The molecule has 0 radical (unpaired) electrons. The molecule has 0 aromatic carbocycles. The third kappa shape index (κ3) is 4.75. The molecule has 0 aliphatic carbocycles. The van der Waals surface area contributed by atoms with Crippen LogP contribution in [-0.4, -0.2) is 24.2 Å². The predicted octanol–water partition coefficient (Wildman–Crippen LogP) is 0.210. The first-order valence-electron chi connectivity index (χ1n) is 3.73. The minimum absolute atomic E-state index is 0.386. The van der Waals surface area contributed by atoms with E-state index in [9.17, 15) is 4.79 Å². The van der Waals surface area contributed by atoms with Gasteiger partial charge >= 0.3 is 5.97 Å². The second-order valence-electron chi connectivity index (χ2n) is 2.91. The van der Waals surface area contributed by atoms with Gasteiger partial charge < -0.3 is 5.11 Å². The first-order chi connectivity index (χ1) is 5.07. The van der Waals surface area contributed by atoms with Gasteiger partial charge in [0.15, 0.2) is 0 Å². The van der Waals surface area contributed by atoms with Crippen LogP contribution in [0.4, 0.5) is 0 Å². The van der Waals surface area contributed by atoms with E-state index < -0.39 is 12.0 Å². The summed E-state index contributed by atoms with van der Waals surface area (Å²) in [5.41, 5.74) is 5.29. The van der Waals surface area contributed by atoms with Gasteiger partial charge in [-0.15, -0.1) is 0 Å². The highest BCUT2D eigenvalue weighted by Gasteiger charge is 2.16. The van der Waals surface area contributed by atoms with Crippen molar-refractivity contribution in [1.82, 2.24) is 10.9 Å². The van der Waals surface area contributed by atoms with E-state index in [1.54, 1.807) is 7.05 Å². The summed E-state index contributed by atoms with van der Waals surface area (Å²) in [4.78, 5) is 10.5. The molecule has 0 spiro atoms. The van der Waals surface area contributed by atoms with Crippen LogP contribution in [0.3, 0.4) is 0 Å². The summed E-state index contributed by atoms with van der Waals surface area (Å²) < 4.78 is 0. The van der Waals surface area contributed by atoms with E-state index in [0.717, 1.165) is 0 Å². The maximum absolute atomic E-state index is 10.5. The zero-order valence-corrected chi connectivity index (χ0v) is 7.22. The lowest BCUT2D eigenvalue weighted by atomic mass is 10.0. The third-order valence-electron chi connectivity index (χ3n) is 1.32. The smallest absolute Gasteiger partial charge is 0.322 e. The van der Waals surface area contributed by atoms with Crippen molar-refractivity contribution >= 4 is 5.97 Å². The summed E-state index contributed by atoms with van der Waals surface area (Å²) in [5.74, 6) is -0.426. The van der Waals surface area contributed by atoms with E-state index in [0.29, 0.717) is 12.3 Å². The minimum atomic E-state index is -0.812. The highest BCUT2D eigenvalue weighted by molar-refractivity contribution is 5.73. The van der Waals surface area contributed by atoms with Crippen LogP contribution in [-0.2, 0) is 4.79 Å². The number of aliphatic carboxylic acids is 1. The number of hydrogen-bond acceptors (Lipinski definition) is 3. The highest BCUT2D eigenvalue weighted by Crippen LogP contribution is 2.03. The van der Waals surface area contributed by atoms with Crippen molar-refractivity contribution in [3.05, 3.63) is 0 Å². The fourth-order valence-corrected chi connectivity index (χ4v) is 0.867. The van der Waals surface area contributed by atoms with Gasteiger partial charge in [-0.3, -0.25) is 10.2 Å². The van der Waals surface area contributed by atoms with Crippen molar-refractivity contribution in [3.63, 3.8) is 0 Å². The lowest BCUT2D eigenvalue weighted by molar-refractivity contribution is -0.140. The van der Waals surface area contributed by atoms with Gasteiger partial charge in [-0.2, -0.15) is 0 Å². The van der Waals surface area contributed by atoms with Gasteiger partial charge in [-0.25, -0.2) is 5.43 Å². The maximum Gasteiger partial charge on any atom is 0.322 e. The first kappa shape index (κ1) is 10.4. The van der Waals surface area contributed by atoms with Gasteiger partial charge in [0, 0.05) is 0 Å². The molecule has 0 heterocycles. The van der Waals surface area contributed by atoms with E-state index >= 15 is 0 Å². The molecule has 4 heteroatoms. The van der Waals surface area contributed by atoms with E-state index in [2.05, 4.69) is 10.9 Å². The largest absolute Gasteiger partial charge is 0.480 e. The molecule has 4 nitrogen and oxygen atoms in total. The number of nitrogens with one attached hydrogen (secondary N) is 2. The van der Waals surface area contributed by atoms with Gasteiger partial charge in [0.05, 0.1) is 0 Å². The fourth-order valence-electron chi connectivity index (χ4n) is 0.867. The molecule has 11 heavy (non-hydrogen) atoms. The van der Waals surface area contributed by atoms with Crippen LogP contribution in [0, 0.1) is 5.92 Å². The number of carboxylic acid groups (broad SMARTS) is 1. The van der Waals surface area contributed by atoms with Crippen LogP contribution in [0.5, 0.6) is 0 Å². The molecule has 0 aliphatic rings. The molecule has 0 rings (SSSR count). The molecule has 66 valence electrons. The lowest BCUT2D eigenvalue weighted by Crippen LogP contribution is -2.44. The average Bonchev–Trinajstić information content (AvgIpc) is 1.86. The van der Waals surface area contributed by atoms with E-state index in [1.165, 1.54) is 0 Å². The van der Waals surface area contributed by atoms with Crippen LogP contribution in [0.1, 0.15) is 20.3 Å².